The van der Waals surface area contributed by atoms with E-state index in [2.05, 4.69) is 39.9 Å². The van der Waals surface area contributed by atoms with Crippen molar-refractivity contribution < 1.29 is 27.6 Å². The molecule has 3 amide bonds. The standard InChI is InChI=1S/C32H29Cl2FN4O.C31H26Cl2FN3O.C31H28Cl2FN3O/c33-23-13-16-28(26(34)20-23)39-31-22(19-21-11-14-24(35)15-12-21)7-1-2-8-25(31)30(37-39)32(40)38-18-6-4-10-29(38)27-9-3-5-17-36-27;32-22-12-16-28(26(33)18-22)37-30-21(17-19-9-13-23(34)14-10-19)6-2-4-8-25(30)29(36-37)31(38)35-27-15-11-20-5-1-3-7-24(20)27;1-31(2,22-9-4-3-5-10-22)35-30(38)28-25-11-7-6-8-21(18-20-12-15-24(34)16-13-20)29(25)37(36-28)27-17-14-23(32)19-26(27)33/h3,5,9,11-17,19-20,29H,1-2,4,6-8,10,18H2;1,3,5,7,9-10,12-14,16-18,27H,2,4,6,8,11,15H2,(H,35,38);3-5,9-10,12-19H,6-8,11H2,1-2H3,(H,35,38)/b22-19+;21-17+;21-18+/t;27-;/m.1./s1. The van der Waals surface area contributed by atoms with Crippen LogP contribution in [0.3, 0.4) is 0 Å². The number of likely N-dealkylation sites (tertiary alicyclic amines) is 1. The van der Waals surface area contributed by atoms with Gasteiger partial charge in [-0.1, -0.05) is 167 Å². The van der Waals surface area contributed by atoms with Crippen molar-refractivity contribution in [3.63, 3.8) is 0 Å². The molecule has 2 atom stereocenters. The number of piperidine rings is 1. The van der Waals surface area contributed by atoms with Gasteiger partial charge in [-0.05, 0) is 294 Å². The number of amides is 3. The lowest BCUT2D eigenvalue weighted by Crippen LogP contribution is -2.41. The number of benzene rings is 8. The molecule has 1 fully saturated rings. The van der Waals surface area contributed by atoms with E-state index in [1.165, 1.54) is 47.5 Å². The molecule has 1 aliphatic heterocycles. The van der Waals surface area contributed by atoms with Crippen LogP contribution in [-0.4, -0.2) is 63.5 Å². The molecule has 4 aliphatic carbocycles. The van der Waals surface area contributed by atoms with E-state index in [0.29, 0.717) is 77.2 Å². The summed E-state index contributed by atoms with van der Waals surface area (Å²) in [6, 6.07) is 58.9. The van der Waals surface area contributed by atoms with Gasteiger partial charge in [0.1, 0.15) is 17.5 Å². The van der Waals surface area contributed by atoms with E-state index < -0.39 is 5.54 Å². The number of fused-ring (bicyclic) bond motifs is 4. The normalized spacial score (nSPS) is 17.0. The van der Waals surface area contributed by atoms with Crippen molar-refractivity contribution in [3.8, 4) is 17.1 Å². The molecule has 5 heterocycles. The van der Waals surface area contributed by atoms with Gasteiger partial charge >= 0.3 is 0 Å². The second kappa shape index (κ2) is 36.1. The summed E-state index contributed by atoms with van der Waals surface area (Å²) in [5.74, 6) is -1.36. The third-order valence-electron chi connectivity index (χ3n) is 22.1. The van der Waals surface area contributed by atoms with Gasteiger partial charge < -0.3 is 15.5 Å². The van der Waals surface area contributed by atoms with Gasteiger partial charge in [0.05, 0.1) is 72.5 Å². The first-order valence-electron chi connectivity index (χ1n) is 39.3. The van der Waals surface area contributed by atoms with Crippen LogP contribution in [0, 0.1) is 17.5 Å². The highest BCUT2D eigenvalue weighted by Gasteiger charge is 2.38. The summed E-state index contributed by atoms with van der Waals surface area (Å²) in [4.78, 5) is 48.5. The zero-order chi connectivity index (χ0) is 80.7. The van der Waals surface area contributed by atoms with Crippen LogP contribution in [0.4, 0.5) is 13.2 Å². The minimum Gasteiger partial charge on any atom is -0.344 e. The number of carbonyl (C=O) groups excluding carboxylic acids is 3. The molecular formula is C94H83Cl6F3N10O3. The van der Waals surface area contributed by atoms with Crippen LogP contribution in [0.2, 0.25) is 30.1 Å². The van der Waals surface area contributed by atoms with Crippen molar-refractivity contribution in [1.29, 1.82) is 0 Å². The van der Waals surface area contributed by atoms with E-state index in [-0.39, 0.29) is 47.3 Å². The molecule has 17 rings (SSSR count). The number of pyridine rings is 1. The van der Waals surface area contributed by atoms with Gasteiger partial charge in [0.25, 0.3) is 17.7 Å². The highest BCUT2D eigenvalue weighted by molar-refractivity contribution is 6.37. The molecule has 0 spiro atoms. The Morgan fingerprint density at radius 2 is 0.862 bits per heavy atom. The molecule has 4 aromatic heterocycles. The average Bonchev–Trinajstić information content (AvgIpc) is 1.61. The zero-order valence-corrected chi connectivity index (χ0v) is 68.5. The molecule has 0 radical (unpaired) electrons. The Kier molecular flexibility index (Phi) is 25.1. The van der Waals surface area contributed by atoms with Crippen LogP contribution in [0.15, 0.2) is 206 Å². The molecule has 13 nitrogen and oxygen atoms in total. The smallest absolute Gasteiger partial charge is 0.275 e. The number of hydrogen-bond donors (Lipinski definition) is 2. The van der Waals surface area contributed by atoms with E-state index in [1.807, 2.05) is 108 Å². The Hall–Kier alpha value is -10.3. The van der Waals surface area contributed by atoms with Crippen molar-refractivity contribution in [2.24, 2.45) is 0 Å². The average molecular weight is 1670 g/mol. The Bertz CT molecular complexity index is 5750. The second-order valence-corrected chi connectivity index (χ2v) is 32.8. The Morgan fingerprint density at radius 3 is 1.32 bits per heavy atom. The number of aromatic nitrogens is 7. The first kappa shape index (κ1) is 80.9. The van der Waals surface area contributed by atoms with Gasteiger partial charge in [-0.3, -0.25) is 19.4 Å². The Morgan fingerprint density at radius 1 is 0.440 bits per heavy atom. The number of allylic oxidation sites excluding steroid dienone is 3. The number of nitrogens with one attached hydrogen (secondary N) is 2. The summed E-state index contributed by atoms with van der Waals surface area (Å²) in [7, 11) is 0. The summed E-state index contributed by atoms with van der Waals surface area (Å²) in [5.41, 5.74) is 18.0. The third kappa shape index (κ3) is 18.1. The van der Waals surface area contributed by atoms with Crippen molar-refractivity contribution in [2.75, 3.05) is 6.54 Å². The van der Waals surface area contributed by atoms with E-state index >= 15 is 0 Å². The van der Waals surface area contributed by atoms with E-state index in [9.17, 15) is 27.6 Å². The lowest BCUT2D eigenvalue weighted by Gasteiger charge is -2.35. The summed E-state index contributed by atoms with van der Waals surface area (Å²) >= 11 is 38.6. The molecule has 12 aromatic rings. The largest absolute Gasteiger partial charge is 0.344 e. The first-order chi connectivity index (χ1) is 56.2. The maximum atomic E-state index is 14.4. The fraction of sp³-hybridized carbons (Fsp3) is 0.245. The molecular weight excluding hydrogens is 1590 g/mol. The molecule has 116 heavy (non-hydrogen) atoms. The van der Waals surface area contributed by atoms with E-state index in [1.54, 1.807) is 88.4 Å². The molecule has 2 N–H and O–H groups in total. The molecule has 22 heteroatoms. The Labute approximate surface area is 702 Å². The van der Waals surface area contributed by atoms with Gasteiger partial charge in [-0.15, -0.1) is 0 Å². The minimum atomic E-state index is -0.607. The summed E-state index contributed by atoms with van der Waals surface area (Å²) < 4.78 is 46.2. The number of nitrogens with zero attached hydrogens (tertiary/aromatic N) is 8. The van der Waals surface area contributed by atoms with E-state index in [0.717, 1.165) is 181 Å². The SMILES string of the molecule is CC(C)(NC(=O)c1nn(-c2ccc(Cl)cc2Cl)c2c1CCCC/C2=C\c1ccc(F)cc1)c1ccccc1.O=C(N[C@@H]1CCc2ccccc21)c1nn(-c2ccc(Cl)cc2Cl)c2c1CCCC/C2=C\c1ccc(F)cc1.O=C(c1nn(-c2ccc(Cl)cc2Cl)c2c1CCCC/C2=C\c1ccc(F)cc1)N1CCCCC1c1ccccn1. The summed E-state index contributed by atoms with van der Waals surface area (Å²) in [5, 5.41) is 24.0. The number of aryl methyl sites for hydroxylation is 1. The van der Waals surface area contributed by atoms with Gasteiger partial charge in [-0.2, -0.15) is 15.3 Å². The van der Waals surface area contributed by atoms with E-state index in [4.69, 9.17) is 84.9 Å². The summed E-state index contributed by atoms with van der Waals surface area (Å²) in [6.07, 6.45) is 22.8. The maximum Gasteiger partial charge on any atom is 0.275 e. The molecule has 0 saturated carbocycles. The fourth-order valence-electron chi connectivity index (χ4n) is 16.4. The highest BCUT2D eigenvalue weighted by atomic mass is 35.5. The number of hydrogen-bond acceptors (Lipinski definition) is 7. The van der Waals surface area contributed by atoms with Crippen molar-refractivity contribution in [1.82, 2.24) is 49.9 Å². The Balaban J connectivity index is 0.000000137. The quantitative estimate of drug-likeness (QED) is 0.109. The summed E-state index contributed by atoms with van der Waals surface area (Å²) in [6.45, 7) is 4.61. The van der Waals surface area contributed by atoms with Gasteiger partial charge in [0.15, 0.2) is 17.1 Å². The molecule has 5 aliphatic rings. The minimum absolute atomic E-state index is 0.0429. The van der Waals surface area contributed by atoms with Crippen molar-refractivity contribution in [2.45, 2.75) is 141 Å². The lowest BCUT2D eigenvalue weighted by molar-refractivity contribution is 0.0598. The maximum absolute atomic E-state index is 14.4. The highest BCUT2D eigenvalue weighted by Crippen LogP contribution is 2.43. The molecule has 1 saturated heterocycles. The molecule has 8 aromatic carbocycles. The molecule has 1 unspecified atom stereocenters. The van der Waals surface area contributed by atoms with Crippen LogP contribution < -0.4 is 10.6 Å². The lowest BCUT2D eigenvalue weighted by atomic mass is 9.94. The van der Waals surface area contributed by atoms with Crippen LogP contribution in [0.25, 0.3) is 52.0 Å². The van der Waals surface area contributed by atoms with Gasteiger partial charge in [0.2, 0.25) is 0 Å². The van der Waals surface area contributed by atoms with Crippen molar-refractivity contribution in [3.05, 3.63) is 344 Å². The predicted molar refractivity (Wildman–Crippen MR) is 460 cm³/mol. The third-order valence-corrected chi connectivity index (χ3v) is 23.7. The van der Waals surface area contributed by atoms with Gasteiger partial charge in [-0.25, -0.2) is 27.2 Å². The van der Waals surface area contributed by atoms with Crippen LogP contribution in [-0.2, 0) is 31.2 Å². The van der Waals surface area contributed by atoms with Crippen LogP contribution in [0.1, 0.15) is 214 Å². The number of halogens is 9. The molecule has 590 valence electrons. The monoisotopic (exact) mass is 1670 g/mol. The van der Waals surface area contributed by atoms with Crippen LogP contribution in [0.5, 0.6) is 0 Å². The second-order valence-electron chi connectivity index (χ2n) is 30.3. The first-order valence-corrected chi connectivity index (χ1v) is 41.6. The number of carbonyl (C=O) groups is 3. The molecule has 0 bridgehead atoms. The number of rotatable bonds is 13. The zero-order valence-electron chi connectivity index (χ0n) is 63.9. The van der Waals surface area contributed by atoms with Gasteiger partial charge in [0, 0.05) is 44.5 Å². The van der Waals surface area contributed by atoms with Crippen LogP contribution >= 0.6 is 69.6 Å². The predicted octanol–water partition coefficient (Wildman–Crippen LogP) is 24.6. The fourth-order valence-corrected chi connectivity index (χ4v) is 17.8. The van der Waals surface area contributed by atoms with Crippen molar-refractivity contribution >= 4 is 122 Å². The topological polar surface area (TPSA) is 145 Å².